The average molecular weight is 576 g/mol. The lowest BCUT2D eigenvalue weighted by Gasteiger charge is -2.33. The van der Waals surface area contributed by atoms with Gasteiger partial charge in [-0.05, 0) is 75.3 Å². The molecular weight excluding hydrogens is 546 g/mol. The van der Waals surface area contributed by atoms with E-state index in [1.165, 1.54) is 33.4 Å². The van der Waals surface area contributed by atoms with Crippen LogP contribution in [0.2, 0.25) is 0 Å². The topological polar surface area (TPSA) is 25.2 Å². The zero-order chi connectivity index (χ0) is 29.8. The minimum absolute atomic E-state index is 0.411. The van der Waals surface area contributed by atoms with Gasteiger partial charge in [-0.2, -0.15) is 0 Å². The van der Waals surface area contributed by atoms with Gasteiger partial charge in [0.1, 0.15) is 11.2 Å². The summed E-state index contributed by atoms with van der Waals surface area (Å²) in [6, 6.07) is 60.8. The number of furan rings is 1. The molecule has 0 saturated heterocycles. The first-order valence-electron chi connectivity index (χ1n) is 15.4. The second kappa shape index (κ2) is 10.1. The molecule has 1 heterocycles. The summed E-state index contributed by atoms with van der Waals surface area (Å²) >= 11 is 0. The molecule has 2 heteroatoms. The minimum atomic E-state index is -0.411. The molecule has 0 spiro atoms. The van der Waals surface area contributed by atoms with Crippen molar-refractivity contribution in [2.75, 3.05) is 5.32 Å². The highest BCUT2D eigenvalue weighted by Crippen LogP contribution is 2.58. The summed E-state index contributed by atoms with van der Waals surface area (Å²) < 4.78 is 6.16. The van der Waals surface area contributed by atoms with Crippen LogP contribution < -0.4 is 5.32 Å². The largest absolute Gasteiger partial charge is 0.456 e. The van der Waals surface area contributed by atoms with Gasteiger partial charge in [0.15, 0.2) is 0 Å². The van der Waals surface area contributed by atoms with Crippen LogP contribution in [-0.4, -0.2) is 0 Å². The van der Waals surface area contributed by atoms with Crippen LogP contribution >= 0.6 is 0 Å². The van der Waals surface area contributed by atoms with Crippen LogP contribution in [0.5, 0.6) is 0 Å². The van der Waals surface area contributed by atoms with Gasteiger partial charge in [-0.25, -0.2) is 0 Å². The fraction of sp³-hybridized carbons (Fsp3) is 0.0233. The summed E-state index contributed by atoms with van der Waals surface area (Å²) in [5, 5.41) is 6.09. The van der Waals surface area contributed by atoms with E-state index in [0.717, 1.165) is 44.4 Å². The van der Waals surface area contributed by atoms with E-state index in [0.29, 0.717) is 0 Å². The maximum Gasteiger partial charge on any atom is 0.136 e. The van der Waals surface area contributed by atoms with Crippen molar-refractivity contribution in [3.8, 4) is 22.3 Å². The molecule has 9 rings (SSSR count). The highest BCUT2D eigenvalue weighted by atomic mass is 16.3. The third-order valence-corrected chi connectivity index (χ3v) is 9.36. The van der Waals surface area contributed by atoms with Crippen molar-refractivity contribution in [1.29, 1.82) is 0 Å². The number of hydrogen-bond acceptors (Lipinski definition) is 2. The van der Waals surface area contributed by atoms with E-state index in [-0.39, 0.29) is 0 Å². The lowest BCUT2D eigenvalue weighted by molar-refractivity contribution is 0.669. The van der Waals surface area contributed by atoms with Crippen LogP contribution in [0, 0.1) is 0 Å². The molecule has 1 aromatic heterocycles. The monoisotopic (exact) mass is 575 g/mol. The van der Waals surface area contributed by atoms with E-state index in [4.69, 9.17) is 4.42 Å². The van der Waals surface area contributed by atoms with E-state index in [1.807, 2.05) is 12.1 Å². The lowest BCUT2D eigenvalue weighted by Crippen LogP contribution is -2.28. The molecule has 0 amide bonds. The summed E-state index contributed by atoms with van der Waals surface area (Å²) in [6.07, 6.45) is 0. The van der Waals surface area contributed by atoms with Gasteiger partial charge < -0.3 is 9.73 Å². The van der Waals surface area contributed by atoms with E-state index in [9.17, 15) is 0 Å². The molecule has 0 unspecified atom stereocenters. The second-order valence-electron chi connectivity index (χ2n) is 11.8. The van der Waals surface area contributed by atoms with E-state index < -0.39 is 5.41 Å². The zero-order valence-corrected chi connectivity index (χ0v) is 24.6. The maximum absolute atomic E-state index is 6.16. The first-order valence-corrected chi connectivity index (χ1v) is 15.4. The Hall–Kier alpha value is -5.86. The van der Waals surface area contributed by atoms with Crippen LogP contribution in [0.1, 0.15) is 22.3 Å². The quantitative estimate of drug-likeness (QED) is 0.221. The van der Waals surface area contributed by atoms with Crippen LogP contribution in [0.15, 0.2) is 174 Å². The van der Waals surface area contributed by atoms with Gasteiger partial charge in [-0.1, -0.05) is 133 Å². The lowest BCUT2D eigenvalue weighted by atomic mass is 9.68. The van der Waals surface area contributed by atoms with Crippen LogP contribution in [0.3, 0.4) is 0 Å². The van der Waals surface area contributed by atoms with Crippen molar-refractivity contribution in [3.63, 3.8) is 0 Å². The number of rotatable bonds is 5. The van der Waals surface area contributed by atoms with E-state index in [2.05, 4.69) is 163 Å². The number of anilines is 2. The van der Waals surface area contributed by atoms with Crippen molar-refractivity contribution in [3.05, 3.63) is 192 Å². The summed E-state index contributed by atoms with van der Waals surface area (Å²) in [5.74, 6) is 0. The van der Waals surface area contributed by atoms with Crippen molar-refractivity contribution >= 4 is 33.3 Å². The van der Waals surface area contributed by atoms with Gasteiger partial charge in [0.25, 0.3) is 0 Å². The third-order valence-electron chi connectivity index (χ3n) is 9.36. The van der Waals surface area contributed by atoms with Gasteiger partial charge in [-0.3, -0.25) is 0 Å². The highest BCUT2D eigenvalue weighted by Gasteiger charge is 2.46. The summed E-state index contributed by atoms with van der Waals surface area (Å²) in [5.41, 5.74) is 13.5. The Morgan fingerprint density at radius 2 is 1.07 bits per heavy atom. The van der Waals surface area contributed by atoms with Crippen LogP contribution in [0.4, 0.5) is 11.4 Å². The molecule has 212 valence electrons. The summed E-state index contributed by atoms with van der Waals surface area (Å²) in [7, 11) is 0. The Kier molecular flexibility index (Phi) is 5.76. The Morgan fingerprint density at radius 3 is 1.84 bits per heavy atom. The molecule has 0 atom stereocenters. The number of para-hydroxylation sites is 1. The van der Waals surface area contributed by atoms with Gasteiger partial charge in [-0.15, -0.1) is 0 Å². The van der Waals surface area contributed by atoms with Crippen molar-refractivity contribution < 1.29 is 4.42 Å². The molecule has 8 aromatic rings. The fourth-order valence-corrected chi connectivity index (χ4v) is 7.40. The minimum Gasteiger partial charge on any atom is -0.456 e. The van der Waals surface area contributed by atoms with Crippen molar-refractivity contribution in [1.82, 2.24) is 0 Å². The molecule has 1 aliphatic carbocycles. The Balaban J connectivity index is 1.13. The summed E-state index contributed by atoms with van der Waals surface area (Å²) in [4.78, 5) is 0. The zero-order valence-electron chi connectivity index (χ0n) is 24.6. The average Bonchev–Trinajstić information content (AvgIpc) is 3.63. The Bertz CT molecular complexity index is 2290. The SMILES string of the molecule is c1ccc(C2(c3ccccc3)c3ccccc3-c3c(Nc4ccc(-c5ccc6c(c5)oc5ccccc56)cc4)cccc32)cc1. The molecule has 0 bridgehead atoms. The fourth-order valence-electron chi connectivity index (χ4n) is 7.40. The normalized spacial score (nSPS) is 13.1. The first-order chi connectivity index (χ1) is 22.3. The van der Waals surface area contributed by atoms with Crippen molar-refractivity contribution in [2.45, 2.75) is 5.41 Å². The maximum atomic E-state index is 6.16. The molecule has 0 radical (unpaired) electrons. The van der Waals surface area contributed by atoms with Gasteiger partial charge >= 0.3 is 0 Å². The molecule has 0 saturated carbocycles. The standard InChI is InChI=1S/C43H29NO/c1-3-12-31(13-4-1)43(32-14-5-2-6-15-32)37-18-9-7-17-36(37)42-38(43)19-11-20-39(42)44-33-25-22-29(23-26-33)30-24-27-35-34-16-8-10-21-40(34)45-41(35)28-30/h1-28,44H. The predicted octanol–water partition coefficient (Wildman–Crippen LogP) is 11.4. The molecule has 45 heavy (non-hydrogen) atoms. The molecule has 0 aliphatic heterocycles. The smallest absolute Gasteiger partial charge is 0.136 e. The second-order valence-corrected chi connectivity index (χ2v) is 11.8. The molecule has 1 N–H and O–H groups in total. The van der Waals surface area contributed by atoms with Gasteiger partial charge in [0, 0.05) is 27.7 Å². The molecule has 2 nitrogen and oxygen atoms in total. The Labute approximate surface area is 262 Å². The molecular formula is C43H29NO. The van der Waals surface area contributed by atoms with Crippen LogP contribution in [-0.2, 0) is 5.41 Å². The molecule has 1 aliphatic rings. The highest BCUT2D eigenvalue weighted by molar-refractivity contribution is 6.06. The predicted molar refractivity (Wildman–Crippen MR) is 186 cm³/mol. The number of nitrogens with one attached hydrogen (secondary N) is 1. The number of fused-ring (bicyclic) bond motifs is 6. The van der Waals surface area contributed by atoms with Gasteiger partial charge in [0.05, 0.1) is 5.41 Å². The summed E-state index contributed by atoms with van der Waals surface area (Å²) in [6.45, 7) is 0. The van der Waals surface area contributed by atoms with Gasteiger partial charge in [0.2, 0.25) is 0 Å². The number of benzene rings is 7. The van der Waals surface area contributed by atoms with Crippen LogP contribution in [0.25, 0.3) is 44.2 Å². The molecule has 0 fully saturated rings. The number of hydrogen-bond donors (Lipinski definition) is 1. The Morgan fingerprint density at radius 1 is 0.444 bits per heavy atom. The van der Waals surface area contributed by atoms with Crippen molar-refractivity contribution in [2.24, 2.45) is 0 Å². The molecule has 7 aromatic carbocycles. The first kappa shape index (κ1) is 25.6. The van der Waals surface area contributed by atoms with E-state index in [1.54, 1.807) is 0 Å². The van der Waals surface area contributed by atoms with E-state index >= 15 is 0 Å². The third kappa shape index (κ3) is 3.89.